The zero-order valence-electron chi connectivity index (χ0n) is 17.3. The predicted molar refractivity (Wildman–Crippen MR) is 107 cm³/mol. The summed E-state index contributed by atoms with van der Waals surface area (Å²) in [4.78, 5) is 29.1. The fourth-order valence-electron chi connectivity index (χ4n) is 4.48. The van der Waals surface area contributed by atoms with Gasteiger partial charge >= 0.3 is 18.2 Å². The van der Waals surface area contributed by atoms with Crippen LogP contribution >= 0.6 is 0 Å². The van der Waals surface area contributed by atoms with E-state index in [1.807, 2.05) is 18.2 Å². The summed E-state index contributed by atoms with van der Waals surface area (Å²) in [6.07, 6.45) is -2.14. The molecule has 0 aromatic heterocycles. The van der Waals surface area contributed by atoms with Crippen molar-refractivity contribution in [2.75, 3.05) is 26.7 Å². The number of alkyl halides is 3. The minimum Gasteiger partial charge on any atom is -0.466 e. The number of hydrogen-bond donors (Lipinski definition) is 1. The molecule has 1 aliphatic carbocycles. The molecule has 0 radical (unpaired) electrons. The number of nitrogens with zero attached hydrogens (tertiary/aromatic N) is 2. The topological polar surface area (TPSA) is 61.9 Å². The lowest BCUT2D eigenvalue weighted by Gasteiger charge is -2.40. The van der Waals surface area contributed by atoms with E-state index < -0.39 is 24.1 Å². The van der Waals surface area contributed by atoms with E-state index in [-0.39, 0.29) is 37.2 Å². The minimum atomic E-state index is -4.26. The monoisotopic (exact) mass is 437 g/mol. The first kappa shape index (κ1) is 21.7. The van der Waals surface area contributed by atoms with Gasteiger partial charge in [0.05, 0.1) is 24.6 Å². The largest absolute Gasteiger partial charge is 0.466 e. The highest BCUT2D eigenvalue weighted by Crippen LogP contribution is 2.39. The lowest BCUT2D eigenvalue weighted by molar-refractivity contribution is -0.186. The Morgan fingerprint density at radius 3 is 2.52 bits per heavy atom. The lowest BCUT2D eigenvalue weighted by atomic mass is 9.93. The number of carbonyl (C=O) groups excluding carboxylic acids is 2. The summed E-state index contributed by atoms with van der Waals surface area (Å²) in [5.74, 6) is -1.99. The number of likely N-dealkylation sites (tertiary alicyclic amines) is 1. The first-order chi connectivity index (χ1) is 14.8. The summed E-state index contributed by atoms with van der Waals surface area (Å²) >= 11 is 0. The van der Waals surface area contributed by atoms with E-state index in [2.05, 4.69) is 5.32 Å². The standard InChI is InChI=1S/C22H26F3N3O3/c1-31-20(29)18-17(13-27-11-5-8-15(12-27)22(23,24)25)28(16-9-10-16)21(30)26-19(18)14-6-3-2-4-7-14/h2-4,6-7,15-16,19H,5,8-13H2,1H3,(H,26,30)/t15-,19-/m1/s1. The maximum Gasteiger partial charge on any atom is 0.393 e. The number of amides is 2. The molecule has 2 fully saturated rings. The molecule has 2 atom stereocenters. The van der Waals surface area contributed by atoms with Crippen LogP contribution in [0.4, 0.5) is 18.0 Å². The van der Waals surface area contributed by atoms with E-state index in [0.717, 1.165) is 18.4 Å². The Hall–Kier alpha value is -2.55. The van der Waals surface area contributed by atoms with Crippen LogP contribution in [-0.4, -0.2) is 60.8 Å². The summed E-state index contributed by atoms with van der Waals surface area (Å²) in [5.41, 5.74) is 1.46. The number of hydrogen-bond acceptors (Lipinski definition) is 4. The number of esters is 1. The fraction of sp³-hybridized carbons (Fsp3) is 0.545. The van der Waals surface area contributed by atoms with Gasteiger partial charge in [0.25, 0.3) is 0 Å². The molecule has 2 aliphatic heterocycles. The quantitative estimate of drug-likeness (QED) is 0.715. The second-order valence-electron chi connectivity index (χ2n) is 8.36. The Labute approximate surface area is 179 Å². The van der Waals surface area contributed by atoms with Gasteiger partial charge in [-0.1, -0.05) is 30.3 Å². The molecular weight excluding hydrogens is 411 g/mol. The molecule has 0 unspecified atom stereocenters. The lowest BCUT2D eigenvalue weighted by Crippen LogP contribution is -2.52. The Balaban J connectivity index is 1.73. The average Bonchev–Trinajstić information content (AvgIpc) is 3.58. The number of carbonyl (C=O) groups is 2. The molecule has 1 aromatic carbocycles. The van der Waals surface area contributed by atoms with Crippen molar-refractivity contribution in [1.82, 2.24) is 15.1 Å². The van der Waals surface area contributed by atoms with Gasteiger partial charge in [-0.3, -0.25) is 9.80 Å². The Kier molecular flexibility index (Phi) is 5.96. The summed E-state index contributed by atoms with van der Waals surface area (Å²) in [6, 6.07) is 7.96. The number of urea groups is 1. The first-order valence-electron chi connectivity index (χ1n) is 10.5. The molecule has 6 nitrogen and oxygen atoms in total. The van der Waals surface area contributed by atoms with E-state index in [1.165, 1.54) is 7.11 Å². The fourth-order valence-corrected chi connectivity index (χ4v) is 4.48. The number of halogens is 3. The van der Waals surface area contributed by atoms with Gasteiger partial charge in [-0.2, -0.15) is 13.2 Å². The third-order valence-electron chi connectivity index (χ3n) is 6.17. The smallest absolute Gasteiger partial charge is 0.393 e. The molecule has 168 valence electrons. The van der Waals surface area contributed by atoms with Gasteiger partial charge in [-0.15, -0.1) is 0 Å². The number of methoxy groups -OCH3 is 1. The Morgan fingerprint density at radius 2 is 1.90 bits per heavy atom. The van der Waals surface area contributed by atoms with Crippen LogP contribution in [0.1, 0.15) is 37.3 Å². The van der Waals surface area contributed by atoms with Crippen molar-refractivity contribution in [1.29, 1.82) is 0 Å². The van der Waals surface area contributed by atoms with E-state index in [4.69, 9.17) is 4.74 Å². The normalized spacial score (nSPS) is 25.4. The van der Waals surface area contributed by atoms with Gasteiger partial charge in [0, 0.05) is 24.8 Å². The van der Waals surface area contributed by atoms with Crippen molar-refractivity contribution in [3.8, 4) is 0 Å². The van der Waals surface area contributed by atoms with E-state index >= 15 is 0 Å². The van der Waals surface area contributed by atoms with Crippen LogP contribution in [0, 0.1) is 5.92 Å². The predicted octanol–water partition coefficient (Wildman–Crippen LogP) is 3.62. The maximum atomic E-state index is 13.3. The van der Waals surface area contributed by atoms with Gasteiger partial charge in [0.1, 0.15) is 0 Å². The number of piperidine rings is 1. The number of ether oxygens (including phenoxy) is 1. The average molecular weight is 437 g/mol. The summed E-state index contributed by atoms with van der Waals surface area (Å²) in [6.45, 7) is 0.447. The zero-order valence-corrected chi connectivity index (χ0v) is 17.3. The van der Waals surface area contributed by atoms with Crippen LogP contribution in [-0.2, 0) is 9.53 Å². The van der Waals surface area contributed by atoms with Gasteiger partial charge in [-0.05, 0) is 37.8 Å². The molecule has 2 heterocycles. The van der Waals surface area contributed by atoms with Crippen molar-refractivity contribution in [2.45, 2.75) is 43.9 Å². The molecule has 1 saturated carbocycles. The van der Waals surface area contributed by atoms with Crippen LogP contribution in [0.5, 0.6) is 0 Å². The molecule has 2 amide bonds. The van der Waals surface area contributed by atoms with Gasteiger partial charge in [0.15, 0.2) is 0 Å². The van der Waals surface area contributed by atoms with Crippen molar-refractivity contribution in [3.05, 3.63) is 47.2 Å². The van der Waals surface area contributed by atoms with Gasteiger partial charge in [-0.25, -0.2) is 9.59 Å². The number of benzene rings is 1. The SMILES string of the molecule is COC(=O)C1=C(CN2CCC[C@@H](C(F)(F)F)C2)N(C2CC2)C(=O)N[C@@H]1c1ccccc1. The van der Waals surface area contributed by atoms with Crippen molar-refractivity contribution >= 4 is 12.0 Å². The third-order valence-corrected chi connectivity index (χ3v) is 6.17. The van der Waals surface area contributed by atoms with Gasteiger partial charge < -0.3 is 10.1 Å². The second kappa shape index (κ2) is 8.53. The van der Waals surface area contributed by atoms with Crippen LogP contribution < -0.4 is 5.32 Å². The maximum absolute atomic E-state index is 13.3. The molecule has 3 aliphatic rings. The molecule has 1 aromatic rings. The molecule has 0 bridgehead atoms. The number of nitrogens with one attached hydrogen (secondary N) is 1. The molecule has 0 spiro atoms. The summed E-state index contributed by atoms with van der Waals surface area (Å²) < 4.78 is 45.0. The second-order valence-corrected chi connectivity index (χ2v) is 8.36. The highest BCUT2D eigenvalue weighted by atomic mass is 19.4. The minimum absolute atomic E-state index is 0.0467. The van der Waals surface area contributed by atoms with Crippen LogP contribution in [0.2, 0.25) is 0 Å². The van der Waals surface area contributed by atoms with Crippen LogP contribution in [0.3, 0.4) is 0 Å². The van der Waals surface area contributed by atoms with E-state index in [9.17, 15) is 22.8 Å². The molecule has 1 N–H and O–H groups in total. The summed E-state index contributed by atoms with van der Waals surface area (Å²) in [5, 5.41) is 2.90. The number of rotatable bonds is 5. The molecule has 1 saturated heterocycles. The van der Waals surface area contributed by atoms with E-state index in [0.29, 0.717) is 18.7 Å². The van der Waals surface area contributed by atoms with Crippen LogP contribution in [0.25, 0.3) is 0 Å². The third kappa shape index (κ3) is 4.56. The highest BCUT2D eigenvalue weighted by molar-refractivity contribution is 5.95. The van der Waals surface area contributed by atoms with Crippen molar-refractivity contribution < 1.29 is 27.5 Å². The van der Waals surface area contributed by atoms with E-state index in [1.54, 1.807) is 21.9 Å². The molecule has 31 heavy (non-hydrogen) atoms. The van der Waals surface area contributed by atoms with Crippen LogP contribution in [0.15, 0.2) is 41.6 Å². The van der Waals surface area contributed by atoms with Gasteiger partial charge in [0.2, 0.25) is 0 Å². The summed E-state index contributed by atoms with van der Waals surface area (Å²) in [7, 11) is 1.27. The highest BCUT2D eigenvalue weighted by Gasteiger charge is 2.46. The molecule has 9 heteroatoms. The van der Waals surface area contributed by atoms with Crippen molar-refractivity contribution in [2.24, 2.45) is 5.92 Å². The Morgan fingerprint density at radius 1 is 1.19 bits per heavy atom. The Bertz CT molecular complexity index is 868. The van der Waals surface area contributed by atoms with Crippen molar-refractivity contribution in [3.63, 3.8) is 0 Å². The zero-order chi connectivity index (χ0) is 22.2. The first-order valence-corrected chi connectivity index (χ1v) is 10.5. The molecule has 4 rings (SSSR count). The molecular formula is C22H26F3N3O3.